The maximum absolute atomic E-state index is 14.1. The fraction of sp³-hybridized carbons (Fsp3) is 0.562. The molecule has 2 aromatic carbocycles. The summed E-state index contributed by atoms with van der Waals surface area (Å²) < 4.78 is 114. The van der Waals surface area contributed by atoms with Gasteiger partial charge in [0.25, 0.3) is 0 Å². The number of aromatic hydroxyl groups is 1. The second-order valence-electron chi connectivity index (χ2n) is 11.6. The topological polar surface area (TPSA) is 57.6 Å². The molecule has 0 aliphatic heterocycles. The number of halogens is 7. The zero-order valence-electron chi connectivity index (χ0n) is 24.8. The monoisotopic (exact) mass is 651 g/mol. The quantitative estimate of drug-likeness (QED) is 0.146. The van der Waals surface area contributed by atoms with Gasteiger partial charge in [-0.05, 0) is 124 Å². The number of sulfone groups is 1. The number of aryl methyl sites for hydroxylation is 1. The van der Waals surface area contributed by atoms with Crippen molar-refractivity contribution in [2.24, 2.45) is 0 Å². The van der Waals surface area contributed by atoms with Crippen molar-refractivity contribution >= 4 is 21.0 Å². The zero-order valence-corrected chi connectivity index (χ0v) is 25.7. The Morgan fingerprint density at radius 1 is 0.818 bits per heavy atom. The van der Waals surface area contributed by atoms with Gasteiger partial charge in [0.1, 0.15) is 5.75 Å². The van der Waals surface area contributed by atoms with Crippen molar-refractivity contribution in [2.45, 2.75) is 82.7 Å². The Hall–Kier alpha value is -2.60. The van der Waals surface area contributed by atoms with Crippen molar-refractivity contribution in [3.63, 3.8) is 0 Å². The summed E-state index contributed by atoms with van der Waals surface area (Å²) >= 11 is 0. The van der Waals surface area contributed by atoms with Gasteiger partial charge < -0.3 is 10.0 Å². The van der Waals surface area contributed by atoms with Crippen LogP contribution in [0.15, 0.2) is 36.4 Å². The Morgan fingerprint density at radius 3 is 2.18 bits per heavy atom. The Kier molecular flexibility index (Phi) is 12.7. The number of rotatable bonds is 16. The number of unbranched alkanes of at least 4 members (excludes halogenated alkanes) is 4. The van der Waals surface area contributed by atoms with Crippen molar-refractivity contribution in [3.8, 4) is 5.75 Å². The zero-order chi connectivity index (χ0) is 32.5. The molecule has 0 saturated carbocycles. The van der Waals surface area contributed by atoms with E-state index in [1.54, 1.807) is 18.2 Å². The van der Waals surface area contributed by atoms with Gasteiger partial charge in [0.15, 0.2) is 21.5 Å². The molecule has 0 bridgehead atoms. The van der Waals surface area contributed by atoms with E-state index in [1.165, 1.54) is 6.07 Å². The van der Waals surface area contributed by atoms with Crippen molar-refractivity contribution in [1.29, 1.82) is 0 Å². The van der Waals surface area contributed by atoms with Gasteiger partial charge in [-0.2, -0.15) is 22.0 Å². The van der Waals surface area contributed by atoms with E-state index >= 15 is 0 Å². The number of fused-ring (bicyclic) bond motifs is 1. The molecule has 0 aromatic heterocycles. The van der Waals surface area contributed by atoms with Crippen molar-refractivity contribution in [1.82, 2.24) is 4.90 Å². The lowest BCUT2D eigenvalue weighted by molar-refractivity contribution is -0.282. The molecule has 0 spiro atoms. The van der Waals surface area contributed by atoms with Gasteiger partial charge in [-0.1, -0.05) is 25.0 Å². The van der Waals surface area contributed by atoms with Crippen LogP contribution in [0.2, 0.25) is 0 Å². The molecule has 1 aliphatic rings. The lowest BCUT2D eigenvalue weighted by Crippen LogP contribution is -2.38. The first-order valence-electron chi connectivity index (χ1n) is 14.9. The van der Waals surface area contributed by atoms with E-state index in [1.807, 2.05) is 18.0 Å². The van der Waals surface area contributed by atoms with Crippen LogP contribution in [0.1, 0.15) is 80.9 Å². The van der Waals surface area contributed by atoms with Crippen LogP contribution < -0.4 is 0 Å². The maximum Gasteiger partial charge on any atom is 0.453 e. The highest BCUT2D eigenvalue weighted by molar-refractivity contribution is 7.91. The lowest BCUT2D eigenvalue weighted by Gasteiger charge is -2.19. The largest absolute Gasteiger partial charge is 0.508 e. The van der Waals surface area contributed by atoms with Gasteiger partial charge in [-0.3, -0.25) is 0 Å². The van der Waals surface area contributed by atoms with E-state index in [4.69, 9.17) is 0 Å². The van der Waals surface area contributed by atoms with E-state index in [-0.39, 0.29) is 12.2 Å². The second kappa shape index (κ2) is 15.6. The third-order valence-corrected chi connectivity index (χ3v) is 9.76. The summed E-state index contributed by atoms with van der Waals surface area (Å²) in [5.74, 6) is -8.25. The van der Waals surface area contributed by atoms with E-state index < -0.39 is 51.5 Å². The average molecular weight is 652 g/mol. The number of hydrogen-bond donors (Lipinski definition) is 1. The first kappa shape index (κ1) is 35.9. The summed E-state index contributed by atoms with van der Waals surface area (Å²) in [6.07, 6.45) is -0.210. The van der Waals surface area contributed by atoms with Crippen LogP contribution in [-0.2, 0) is 16.3 Å². The first-order chi connectivity index (χ1) is 20.6. The summed E-state index contributed by atoms with van der Waals surface area (Å²) in [7, 11) is -2.12. The molecule has 1 aliphatic carbocycles. The number of phenols is 1. The molecule has 0 unspecified atom stereocenters. The van der Waals surface area contributed by atoms with Gasteiger partial charge in [-0.15, -0.1) is 0 Å². The van der Waals surface area contributed by atoms with Gasteiger partial charge in [0.2, 0.25) is 0 Å². The fourth-order valence-electron chi connectivity index (χ4n) is 5.52. The summed E-state index contributed by atoms with van der Waals surface area (Å²) in [6.45, 7) is 1.33. The first-order valence-corrected chi connectivity index (χ1v) is 16.7. The Bertz CT molecular complexity index is 1390. The van der Waals surface area contributed by atoms with Crippen LogP contribution in [0.25, 0.3) is 11.1 Å². The SMILES string of the molecule is CN(CCCCCCC1=C(c2ccc(F)c(F)c2)CCCc2cc(O)ccc21)CCCCS(=O)(=O)CCC(F)(F)C(F)(F)F. The minimum atomic E-state index is -5.76. The standard InChI is InChI=1S/C32H40F7NO3S/c1-40(18-6-7-19-44(42,43)20-16-31(35,36)32(37,38)39)17-5-3-2-4-10-28-26(24-12-15-29(33)30(34)22-24)11-8-9-23-21-25(41)13-14-27(23)28/h12-15,21-22,41H,2-11,16-20H2,1H3. The molecule has 2 aromatic rings. The van der Waals surface area contributed by atoms with Gasteiger partial charge in [0, 0.05) is 6.42 Å². The number of nitrogens with zero attached hydrogens (tertiary/aromatic N) is 1. The lowest BCUT2D eigenvalue weighted by atomic mass is 9.89. The number of phenolic OH excluding ortho intramolecular Hbond substituents is 1. The molecule has 0 heterocycles. The minimum absolute atomic E-state index is 0.179. The average Bonchev–Trinajstić information content (AvgIpc) is 3.12. The Balaban J connectivity index is 1.44. The van der Waals surface area contributed by atoms with Crippen molar-refractivity contribution < 1.29 is 44.3 Å². The van der Waals surface area contributed by atoms with E-state index in [2.05, 4.69) is 0 Å². The molecule has 0 radical (unpaired) electrons. The number of alkyl halides is 5. The van der Waals surface area contributed by atoms with Gasteiger partial charge in [-0.25, -0.2) is 17.2 Å². The molecule has 246 valence electrons. The van der Waals surface area contributed by atoms with E-state index in [9.17, 15) is 44.3 Å². The summed E-state index contributed by atoms with van der Waals surface area (Å²) in [6, 6.07) is 9.30. The third kappa shape index (κ3) is 10.5. The van der Waals surface area contributed by atoms with Gasteiger partial charge in [0.05, 0.1) is 11.5 Å². The molecule has 0 fully saturated rings. The second-order valence-corrected chi connectivity index (χ2v) is 13.9. The fourth-order valence-corrected chi connectivity index (χ4v) is 6.93. The van der Waals surface area contributed by atoms with Crippen LogP contribution in [0.5, 0.6) is 5.75 Å². The summed E-state index contributed by atoms with van der Waals surface area (Å²) in [5, 5.41) is 10.0. The summed E-state index contributed by atoms with van der Waals surface area (Å²) in [5.41, 5.74) is 4.79. The van der Waals surface area contributed by atoms with Crippen molar-refractivity contribution in [3.05, 3.63) is 64.7 Å². The van der Waals surface area contributed by atoms with Crippen LogP contribution in [0, 0.1) is 11.6 Å². The molecule has 44 heavy (non-hydrogen) atoms. The predicted octanol–water partition coefficient (Wildman–Crippen LogP) is 8.58. The molecular weight excluding hydrogens is 611 g/mol. The highest BCUT2D eigenvalue weighted by Gasteiger charge is 2.57. The number of benzene rings is 2. The smallest absolute Gasteiger partial charge is 0.453 e. The van der Waals surface area contributed by atoms with Gasteiger partial charge >= 0.3 is 12.1 Å². The highest BCUT2D eigenvalue weighted by Crippen LogP contribution is 2.40. The molecule has 0 atom stereocenters. The third-order valence-electron chi connectivity index (χ3n) is 8.02. The normalized spacial score (nSPS) is 14.7. The van der Waals surface area contributed by atoms with E-state index in [0.717, 1.165) is 79.8 Å². The predicted molar refractivity (Wildman–Crippen MR) is 158 cm³/mol. The molecule has 0 amide bonds. The van der Waals surface area contributed by atoms with E-state index in [0.29, 0.717) is 24.9 Å². The Labute approximate surface area is 254 Å². The minimum Gasteiger partial charge on any atom is -0.508 e. The molecule has 3 rings (SSSR count). The summed E-state index contributed by atoms with van der Waals surface area (Å²) in [4.78, 5) is 2.03. The number of hydrogen-bond acceptors (Lipinski definition) is 4. The van der Waals surface area contributed by atoms with Crippen LogP contribution in [-0.4, -0.2) is 62.2 Å². The molecule has 4 nitrogen and oxygen atoms in total. The molecular formula is C32H40F7NO3S. The van der Waals surface area contributed by atoms with Crippen LogP contribution >= 0.6 is 0 Å². The van der Waals surface area contributed by atoms with Crippen LogP contribution in [0.4, 0.5) is 30.7 Å². The Morgan fingerprint density at radius 2 is 1.50 bits per heavy atom. The maximum atomic E-state index is 14.1. The van der Waals surface area contributed by atoms with Crippen molar-refractivity contribution in [2.75, 3.05) is 31.6 Å². The molecule has 1 N–H and O–H groups in total. The number of allylic oxidation sites excluding steroid dienone is 2. The highest BCUT2D eigenvalue weighted by atomic mass is 32.2. The molecule has 12 heteroatoms. The molecule has 0 saturated heterocycles. The van der Waals surface area contributed by atoms with Crippen LogP contribution in [0.3, 0.4) is 0 Å².